The van der Waals surface area contributed by atoms with Crippen molar-refractivity contribution < 1.29 is 24.2 Å². The highest BCUT2D eigenvalue weighted by atomic mass is 16.5. The molecule has 1 aliphatic rings. The second kappa shape index (κ2) is 8.87. The van der Waals surface area contributed by atoms with Crippen molar-refractivity contribution in [3.8, 4) is 0 Å². The number of ether oxygens (including phenoxy) is 2. The molecule has 2 N–H and O–H groups in total. The number of hydrogen-bond donors (Lipinski definition) is 2. The molecule has 2 unspecified atom stereocenters. The third kappa shape index (κ3) is 7.12. The topological polar surface area (TPSA) is 84.9 Å². The molecule has 1 heterocycles. The molecule has 0 spiro atoms. The first kappa shape index (κ1) is 15.9. The van der Waals surface area contributed by atoms with Gasteiger partial charge in [-0.3, -0.25) is 9.59 Å². The molecule has 6 nitrogen and oxygen atoms in total. The maximum Gasteiger partial charge on any atom is 0.303 e. The first-order valence-corrected chi connectivity index (χ1v) is 6.82. The van der Waals surface area contributed by atoms with Crippen molar-refractivity contribution in [3.05, 3.63) is 0 Å². The number of hydrogen-bond acceptors (Lipinski definition) is 4. The maximum absolute atomic E-state index is 11.7. The summed E-state index contributed by atoms with van der Waals surface area (Å²) in [4.78, 5) is 21.9. The van der Waals surface area contributed by atoms with E-state index in [1.807, 2.05) is 0 Å². The van der Waals surface area contributed by atoms with Crippen molar-refractivity contribution in [2.45, 2.75) is 51.2 Å². The van der Waals surface area contributed by atoms with Crippen LogP contribution >= 0.6 is 0 Å². The van der Waals surface area contributed by atoms with E-state index in [0.29, 0.717) is 26.0 Å². The highest BCUT2D eigenvalue weighted by Crippen LogP contribution is 2.12. The van der Waals surface area contributed by atoms with Crippen LogP contribution in [0.2, 0.25) is 0 Å². The van der Waals surface area contributed by atoms with Crippen molar-refractivity contribution in [3.63, 3.8) is 0 Å². The Hall–Kier alpha value is -1.14. The predicted molar refractivity (Wildman–Crippen MR) is 68.9 cm³/mol. The normalized spacial score (nSPS) is 20.2. The summed E-state index contributed by atoms with van der Waals surface area (Å²) in [5.41, 5.74) is 0. The van der Waals surface area contributed by atoms with Crippen molar-refractivity contribution in [2.75, 3.05) is 19.8 Å². The van der Waals surface area contributed by atoms with E-state index in [2.05, 4.69) is 5.32 Å². The minimum absolute atomic E-state index is 0.116. The van der Waals surface area contributed by atoms with Crippen LogP contribution in [0.1, 0.15) is 39.0 Å². The summed E-state index contributed by atoms with van der Waals surface area (Å²) in [6.07, 6.45) is 3.04. The molecule has 19 heavy (non-hydrogen) atoms. The lowest BCUT2D eigenvalue weighted by atomic mass is 10.2. The van der Waals surface area contributed by atoms with Crippen LogP contribution < -0.4 is 5.32 Å². The second-order valence-electron chi connectivity index (χ2n) is 4.75. The molecule has 1 amide bonds. The van der Waals surface area contributed by atoms with Gasteiger partial charge in [0, 0.05) is 19.6 Å². The molecule has 1 aliphatic heterocycles. The van der Waals surface area contributed by atoms with Gasteiger partial charge in [-0.15, -0.1) is 0 Å². The maximum atomic E-state index is 11.7. The zero-order valence-corrected chi connectivity index (χ0v) is 11.4. The molecule has 0 aromatic carbocycles. The van der Waals surface area contributed by atoms with Crippen LogP contribution in [0.15, 0.2) is 0 Å². The number of unbranched alkanes of at least 4 members (excludes halogenated alkanes) is 1. The highest BCUT2D eigenvalue weighted by molar-refractivity contribution is 5.80. The van der Waals surface area contributed by atoms with E-state index in [1.54, 1.807) is 6.92 Å². The summed E-state index contributed by atoms with van der Waals surface area (Å²) in [6.45, 7) is 3.42. The lowest BCUT2D eigenvalue weighted by molar-refractivity contribution is -0.137. The van der Waals surface area contributed by atoms with Gasteiger partial charge in [-0.05, 0) is 32.6 Å². The van der Waals surface area contributed by atoms with E-state index in [4.69, 9.17) is 14.6 Å². The van der Waals surface area contributed by atoms with E-state index in [-0.39, 0.29) is 18.4 Å². The fourth-order valence-corrected chi connectivity index (χ4v) is 1.86. The minimum atomic E-state index is -0.806. The smallest absolute Gasteiger partial charge is 0.303 e. The quantitative estimate of drug-likeness (QED) is 0.611. The van der Waals surface area contributed by atoms with Gasteiger partial charge in [-0.2, -0.15) is 0 Å². The van der Waals surface area contributed by atoms with Crippen LogP contribution in [-0.2, 0) is 19.1 Å². The third-order valence-electron chi connectivity index (χ3n) is 3.04. The number of carbonyl (C=O) groups is 2. The molecule has 1 fully saturated rings. The third-order valence-corrected chi connectivity index (χ3v) is 3.04. The fourth-order valence-electron chi connectivity index (χ4n) is 1.86. The molecular formula is C13H23NO5. The molecule has 0 radical (unpaired) electrons. The summed E-state index contributed by atoms with van der Waals surface area (Å²) in [6, 6.07) is 0. The number of rotatable bonds is 9. The number of carbonyl (C=O) groups excluding carboxylic acids is 1. The van der Waals surface area contributed by atoms with Crippen molar-refractivity contribution in [2.24, 2.45) is 0 Å². The zero-order chi connectivity index (χ0) is 14.1. The Morgan fingerprint density at radius 2 is 2.26 bits per heavy atom. The molecule has 0 aliphatic carbocycles. The van der Waals surface area contributed by atoms with Gasteiger partial charge in [-0.25, -0.2) is 0 Å². The van der Waals surface area contributed by atoms with Crippen LogP contribution in [0.4, 0.5) is 0 Å². The number of nitrogens with one attached hydrogen (secondary N) is 1. The first-order valence-electron chi connectivity index (χ1n) is 6.82. The van der Waals surface area contributed by atoms with Crippen molar-refractivity contribution >= 4 is 11.9 Å². The van der Waals surface area contributed by atoms with Gasteiger partial charge < -0.3 is 19.9 Å². The van der Waals surface area contributed by atoms with E-state index >= 15 is 0 Å². The Bertz CT molecular complexity index is 289. The first-order chi connectivity index (χ1) is 9.09. The van der Waals surface area contributed by atoms with Crippen LogP contribution in [0.3, 0.4) is 0 Å². The molecule has 1 saturated heterocycles. The summed E-state index contributed by atoms with van der Waals surface area (Å²) in [5, 5.41) is 11.2. The molecule has 1 rings (SSSR count). The molecule has 0 aromatic rings. The molecule has 110 valence electrons. The van der Waals surface area contributed by atoms with E-state index in [0.717, 1.165) is 19.4 Å². The average molecular weight is 273 g/mol. The van der Waals surface area contributed by atoms with Crippen LogP contribution in [0.5, 0.6) is 0 Å². The van der Waals surface area contributed by atoms with Gasteiger partial charge in [0.15, 0.2) is 0 Å². The molecule has 0 aromatic heterocycles. The summed E-state index contributed by atoms with van der Waals surface area (Å²) < 4.78 is 10.9. The van der Waals surface area contributed by atoms with Crippen LogP contribution in [-0.4, -0.2) is 48.9 Å². The number of aliphatic carboxylic acids is 1. The van der Waals surface area contributed by atoms with Crippen molar-refractivity contribution in [1.29, 1.82) is 0 Å². The Labute approximate surface area is 113 Å². The SMILES string of the molecule is CC(OCC1CCCO1)C(=O)NCCCCC(=O)O. The number of carboxylic acids is 1. The summed E-state index contributed by atoms with van der Waals surface area (Å²) in [7, 11) is 0. The van der Waals surface area contributed by atoms with E-state index in [1.165, 1.54) is 0 Å². The Morgan fingerprint density at radius 3 is 2.89 bits per heavy atom. The lowest BCUT2D eigenvalue weighted by Gasteiger charge is -2.16. The van der Waals surface area contributed by atoms with E-state index < -0.39 is 12.1 Å². The molecule has 6 heteroatoms. The van der Waals surface area contributed by atoms with Crippen LogP contribution in [0, 0.1) is 0 Å². The van der Waals surface area contributed by atoms with Crippen LogP contribution in [0.25, 0.3) is 0 Å². The largest absolute Gasteiger partial charge is 0.481 e. The zero-order valence-electron chi connectivity index (χ0n) is 11.4. The van der Waals surface area contributed by atoms with Gasteiger partial charge in [0.2, 0.25) is 5.91 Å². The molecular weight excluding hydrogens is 250 g/mol. The standard InChI is InChI=1S/C13H23NO5/c1-10(19-9-11-5-4-8-18-11)13(17)14-7-3-2-6-12(15)16/h10-11H,2-9H2,1H3,(H,14,17)(H,15,16). The predicted octanol–water partition coefficient (Wildman–Crippen LogP) is 0.942. The van der Waals surface area contributed by atoms with E-state index in [9.17, 15) is 9.59 Å². The minimum Gasteiger partial charge on any atom is -0.481 e. The molecule has 0 saturated carbocycles. The Kier molecular flexibility index (Phi) is 7.43. The second-order valence-corrected chi connectivity index (χ2v) is 4.75. The van der Waals surface area contributed by atoms with Gasteiger partial charge in [-0.1, -0.05) is 0 Å². The molecule has 2 atom stereocenters. The molecule has 0 bridgehead atoms. The van der Waals surface area contributed by atoms with Crippen molar-refractivity contribution in [1.82, 2.24) is 5.32 Å². The van der Waals surface area contributed by atoms with Gasteiger partial charge in [0.25, 0.3) is 0 Å². The summed E-state index contributed by atoms with van der Waals surface area (Å²) >= 11 is 0. The highest BCUT2D eigenvalue weighted by Gasteiger charge is 2.19. The average Bonchev–Trinajstić information content (AvgIpc) is 2.88. The van der Waals surface area contributed by atoms with Gasteiger partial charge >= 0.3 is 5.97 Å². The lowest BCUT2D eigenvalue weighted by Crippen LogP contribution is -2.36. The monoisotopic (exact) mass is 273 g/mol. The number of carboxylic acid groups (broad SMARTS) is 1. The fraction of sp³-hybridized carbons (Fsp3) is 0.846. The Balaban J connectivity index is 2.02. The van der Waals surface area contributed by atoms with Gasteiger partial charge in [0.05, 0.1) is 12.7 Å². The van der Waals surface area contributed by atoms with Gasteiger partial charge in [0.1, 0.15) is 6.10 Å². The summed E-state index contributed by atoms with van der Waals surface area (Å²) in [5.74, 6) is -0.965. The number of amides is 1. The Morgan fingerprint density at radius 1 is 1.47 bits per heavy atom.